The lowest BCUT2D eigenvalue weighted by molar-refractivity contribution is -0.141. The van der Waals surface area contributed by atoms with E-state index in [1.54, 1.807) is 7.05 Å². The maximum atomic E-state index is 12.1. The number of rotatable bonds is 10. The molecule has 0 saturated carbocycles. The van der Waals surface area contributed by atoms with E-state index in [0.29, 0.717) is 11.9 Å². The predicted molar refractivity (Wildman–Crippen MR) is 130 cm³/mol. The molecule has 3 heterocycles. The van der Waals surface area contributed by atoms with Gasteiger partial charge in [0, 0.05) is 29.8 Å². The van der Waals surface area contributed by atoms with Crippen LogP contribution < -0.4 is 21.5 Å². The van der Waals surface area contributed by atoms with Crippen molar-refractivity contribution >= 4 is 41.5 Å². The standard InChI is InChI=1S/C16H22N4OS.C6H9NO5/c1-9-6-10(2)22-13(9)5-4-11-7-12-14(18-8-11)19-16(17-3)20-15(12)21;8-3-7-4(6(11)12)1-2-5(9)10/h6,11H,4-5,7-8H2,1-3H3,(H3,17,18,19,20,21);3-4H,1-2H2,(H,7,8)(H,9,10)(H,11,12). The maximum Gasteiger partial charge on any atom is 0.326 e. The van der Waals surface area contributed by atoms with E-state index in [9.17, 15) is 19.2 Å². The van der Waals surface area contributed by atoms with Gasteiger partial charge in [0.25, 0.3) is 5.56 Å². The number of nitrogens with one attached hydrogen (secondary N) is 4. The van der Waals surface area contributed by atoms with E-state index < -0.39 is 18.0 Å². The highest BCUT2D eigenvalue weighted by molar-refractivity contribution is 7.12. The minimum Gasteiger partial charge on any atom is -0.481 e. The number of H-pyrrole nitrogens is 1. The summed E-state index contributed by atoms with van der Waals surface area (Å²) in [4.78, 5) is 52.3. The van der Waals surface area contributed by atoms with Gasteiger partial charge in [-0.15, -0.1) is 11.3 Å². The molecule has 0 radical (unpaired) electrons. The molecule has 34 heavy (non-hydrogen) atoms. The molecule has 2 aromatic heterocycles. The van der Waals surface area contributed by atoms with E-state index >= 15 is 0 Å². The first-order valence-electron chi connectivity index (χ1n) is 10.9. The minimum absolute atomic E-state index is 0.0327. The number of aryl methyl sites for hydroxylation is 3. The lowest BCUT2D eigenvalue weighted by atomic mass is 9.92. The number of aromatic nitrogens is 2. The monoisotopic (exact) mass is 493 g/mol. The van der Waals surface area contributed by atoms with Crippen molar-refractivity contribution in [1.82, 2.24) is 15.3 Å². The van der Waals surface area contributed by atoms with Crippen LogP contribution in [0.3, 0.4) is 0 Å². The van der Waals surface area contributed by atoms with E-state index in [0.717, 1.165) is 37.2 Å². The molecule has 0 saturated heterocycles. The van der Waals surface area contributed by atoms with Crippen molar-refractivity contribution in [2.75, 3.05) is 24.2 Å². The number of hydrogen-bond acceptors (Lipinski definition) is 8. The Bertz CT molecular complexity index is 1070. The molecule has 0 spiro atoms. The highest BCUT2D eigenvalue weighted by Crippen LogP contribution is 2.27. The molecule has 12 heteroatoms. The molecule has 3 rings (SSSR count). The van der Waals surface area contributed by atoms with Gasteiger partial charge in [-0.3, -0.25) is 19.4 Å². The third-order valence-corrected chi connectivity index (χ3v) is 6.65. The molecule has 1 aliphatic rings. The number of carboxylic acids is 2. The SMILES string of the molecule is CNc1nc2c(c(=O)[nH]1)CC(CCc1sc(C)cc1C)CN2.O=CNC(CCC(=O)O)C(=O)O. The van der Waals surface area contributed by atoms with Crippen molar-refractivity contribution in [2.45, 2.75) is 52.0 Å². The van der Waals surface area contributed by atoms with E-state index in [2.05, 4.69) is 40.5 Å². The van der Waals surface area contributed by atoms with Gasteiger partial charge in [-0.1, -0.05) is 0 Å². The van der Waals surface area contributed by atoms with E-state index in [-0.39, 0.29) is 24.8 Å². The zero-order valence-electron chi connectivity index (χ0n) is 19.4. The van der Waals surface area contributed by atoms with Gasteiger partial charge in [-0.25, -0.2) is 4.79 Å². The Balaban J connectivity index is 0.000000292. The van der Waals surface area contributed by atoms with Crippen LogP contribution >= 0.6 is 11.3 Å². The van der Waals surface area contributed by atoms with Crippen LogP contribution in [0.5, 0.6) is 0 Å². The van der Waals surface area contributed by atoms with Crippen LogP contribution in [0.2, 0.25) is 0 Å². The highest BCUT2D eigenvalue weighted by Gasteiger charge is 2.23. The normalized spacial score (nSPS) is 15.1. The topological polar surface area (TPSA) is 174 Å². The Labute approximate surface area is 201 Å². The van der Waals surface area contributed by atoms with Crippen LogP contribution in [-0.4, -0.2) is 58.2 Å². The number of fused-ring (bicyclic) bond motifs is 1. The second-order valence-corrected chi connectivity index (χ2v) is 9.39. The van der Waals surface area contributed by atoms with Crippen molar-refractivity contribution in [3.63, 3.8) is 0 Å². The zero-order valence-corrected chi connectivity index (χ0v) is 20.3. The molecule has 6 N–H and O–H groups in total. The van der Waals surface area contributed by atoms with Gasteiger partial charge in [-0.05, 0) is 57.1 Å². The first kappa shape index (κ1) is 26.8. The molecule has 1 amide bonds. The van der Waals surface area contributed by atoms with Crippen LogP contribution in [0.4, 0.5) is 11.8 Å². The summed E-state index contributed by atoms with van der Waals surface area (Å²) in [6.45, 7) is 5.22. The van der Waals surface area contributed by atoms with Crippen molar-refractivity contribution in [1.29, 1.82) is 0 Å². The molecule has 1 aliphatic heterocycles. The van der Waals surface area contributed by atoms with Crippen molar-refractivity contribution in [2.24, 2.45) is 5.92 Å². The molecule has 11 nitrogen and oxygen atoms in total. The fraction of sp³-hybridized carbons (Fsp3) is 0.500. The van der Waals surface area contributed by atoms with Gasteiger partial charge in [0.2, 0.25) is 12.4 Å². The van der Waals surface area contributed by atoms with Crippen molar-refractivity contribution < 1.29 is 24.6 Å². The highest BCUT2D eigenvalue weighted by atomic mass is 32.1. The quantitative estimate of drug-likeness (QED) is 0.270. The summed E-state index contributed by atoms with van der Waals surface area (Å²) < 4.78 is 0. The summed E-state index contributed by atoms with van der Waals surface area (Å²) in [6, 6.07) is 1.14. The number of nitrogens with zero attached hydrogens (tertiary/aromatic N) is 1. The van der Waals surface area contributed by atoms with Gasteiger partial charge >= 0.3 is 11.9 Å². The van der Waals surface area contributed by atoms with Crippen LogP contribution in [0.1, 0.15) is 40.1 Å². The minimum atomic E-state index is -1.23. The van der Waals surface area contributed by atoms with E-state index in [1.165, 1.54) is 15.3 Å². The number of carbonyl (C=O) groups is 3. The number of anilines is 2. The Hall–Kier alpha value is -3.41. The molecule has 2 unspecified atom stereocenters. The van der Waals surface area contributed by atoms with Crippen LogP contribution in [0, 0.1) is 19.8 Å². The van der Waals surface area contributed by atoms with Gasteiger partial charge in [0.05, 0.1) is 5.56 Å². The van der Waals surface area contributed by atoms with E-state index in [4.69, 9.17) is 10.2 Å². The Morgan fingerprint density at radius 3 is 2.65 bits per heavy atom. The van der Waals surface area contributed by atoms with Crippen molar-refractivity contribution in [3.05, 3.63) is 37.3 Å². The summed E-state index contributed by atoms with van der Waals surface area (Å²) in [7, 11) is 1.75. The first-order chi connectivity index (χ1) is 16.1. The molecule has 2 atom stereocenters. The molecule has 0 bridgehead atoms. The number of carbonyl (C=O) groups excluding carboxylic acids is 1. The molecular formula is C22H31N5O6S. The fourth-order valence-electron chi connectivity index (χ4n) is 3.66. The summed E-state index contributed by atoms with van der Waals surface area (Å²) in [5, 5.41) is 24.8. The molecule has 0 fully saturated rings. The van der Waals surface area contributed by atoms with Gasteiger partial charge in [-0.2, -0.15) is 4.98 Å². The molecule has 2 aromatic rings. The number of amides is 1. The smallest absolute Gasteiger partial charge is 0.326 e. The second-order valence-electron chi connectivity index (χ2n) is 8.05. The Morgan fingerprint density at radius 1 is 1.35 bits per heavy atom. The van der Waals surface area contributed by atoms with Crippen LogP contribution in [0.25, 0.3) is 0 Å². The predicted octanol–water partition coefficient (Wildman–Crippen LogP) is 1.76. The molecule has 0 aliphatic carbocycles. The average molecular weight is 494 g/mol. The molecular weight excluding hydrogens is 462 g/mol. The number of carboxylic acid groups (broad SMARTS) is 2. The second kappa shape index (κ2) is 12.7. The Kier molecular flexibility index (Phi) is 10.0. The Morgan fingerprint density at radius 2 is 2.09 bits per heavy atom. The number of aromatic amines is 1. The summed E-state index contributed by atoms with van der Waals surface area (Å²) >= 11 is 1.89. The number of thiophene rings is 1. The molecule has 186 valence electrons. The first-order valence-corrected chi connectivity index (χ1v) is 11.7. The van der Waals surface area contributed by atoms with Gasteiger partial charge in [0.15, 0.2) is 0 Å². The largest absolute Gasteiger partial charge is 0.481 e. The fourth-order valence-corrected chi connectivity index (χ4v) is 4.72. The number of hydrogen-bond donors (Lipinski definition) is 6. The summed E-state index contributed by atoms with van der Waals surface area (Å²) in [5.41, 5.74) is 2.15. The third kappa shape index (κ3) is 7.87. The van der Waals surface area contributed by atoms with Crippen molar-refractivity contribution in [3.8, 4) is 0 Å². The van der Waals surface area contributed by atoms with E-state index in [1.807, 2.05) is 16.7 Å². The maximum absolute atomic E-state index is 12.1. The van der Waals surface area contributed by atoms with Crippen LogP contribution in [0.15, 0.2) is 10.9 Å². The van der Waals surface area contributed by atoms with Crippen LogP contribution in [-0.2, 0) is 27.2 Å². The zero-order chi connectivity index (χ0) is 25.3. The lowest BCUT2D eigenvalue weighted by Crippen LogP contribution is -2.36. The van der Waals surface area contributed by atoms with Gasteiger partial charge in [0.1, 0.15) is 11.9 Å². The summed E-state index contributed by atoms with van der Waals surface area (Å²) in [6.07, 6.45) is 2.84. The summed E-state index contributed by atoms with van der Waals surface area (Å²) in [5.74, 6) is -0.596. The number of aliphatic carboxylic acids is 2. The lowest BCUT2D eigenvalue weighted by Gasteiger charge is -2.24. The average Bonchev–Trinajstić information content (AvgIpc) is 3.12. The molecule has 0 aromatic carbocycles. The third-order valence-electron chi connectivity index (χ3n) is 5.44. The van der Waals surface area contributed by atoms with Gasteiger partial charge < -0.3 is 26.2 Å².